The molecule has 1 saturated heterocycles. The third-order valence-corrected chi connectivity index (χ3v) is 8.44. The van der Waals surface area contributed by atoms with E-state index in [1.807, 2.05) is 19.1 Å². The molecule has 7 heteroatoms. The van der Waals surface area contributed by atoms with E-state index in [0.29, 0.717) is 23.2 Å². The second-order valence-electron chi connectivity index (χ2n) is 9.37. The van der Waals surface area contributed by atoms with Gasteiger partial charge in [-0.2, -0.15) is 0 Å². The van der Waals surface area contributed by atoms with Gasteiger partial charge in [0, 0.05) is 35.4 Å². The molecule has 0 spiro atoms. The minimum absolute atomic E-state index is 0.0776. The minimum Gasteiger partial charge on any atom is -0.491 e. The van der Waals surface area contributed by atoms with Gasteiger partial charge in [-0.1, -0.05) is 12.5 Å². The Balaban J connectivity index is 1.17. The molecule has 3 aliphatic rings. The summed E-state index contributed by atoms with van der Waals surface area (Å²) in [6, 6.07) is 11.1. The molecule has 2 aliphatic heterocycles. The van der Waals surface area contributed by atoms with Gasteiger partial charge in [-0.05, 0) is 62.3 Å². The first-order valence-electron chi connectivity index (χ1n) is 11.6. The zero-order chi connectivity index (χ0) is 21.8. The number of carbonyl (C=O) groups is 1. The maximum absolute atomic E-state index is 13.0. The van der Waals surface area contributed by atoms with Crippen LogP contribution in [-0.4, -0.2) is 36.1 Å². The van der Waals surface area contributed by atoms with Crippen LogP contribution in [-0.2, 0) is 6.42 Å². The van der Waals surface area contributed by atoms with Crippen LogP contribution in [0.1, 0.15) is 46.6 Å². The predicted molar refractivity (Wildman–Crippen MR) is 129 cm³/mol. The van der Waals surface area contributed by atoms with Gasteiger partial charge in [0.25, 0.3) is 5.91 Å². The molecule has 6 rings (SSSR count). The Morgan fingerprint density at radius 3 is 3.06 bits per heavy atom. The number of nitrogen functional groups attached to an aromatic ring is 1. The van der Waals surface area contributed by atoms with Crippen LogP contribution in [0.15, 0.2) is 30.3 Å². The number of carbonyl (C=O) groups excluding carboxylic acids is 1. The van der Waals surface area contributed by atoms with Crippen molar-refractivity contribution in [3.63, 3.8) is 0 Å². The molecule has 6 nitrogen and oxygen atoms in total. The predicted octanol–water partition coefficient (Wildman–Crippen LogP) is 4.30. The molecular formula is C25H28N4O2S. The first-order chi connectivity index (χ1) is 15.6. The summed E-state index contributed by atoms with van der Waals surface area (Å²) in [5.41, 5.74) is 10.1. The van der Waals surface area contributed by atoms with E-state index in [0.717, 1.165) is 46.1 Å². The van der Waals surface area contributed by atoms with E-state index in [-0.39, 0.29) is 11.9 Å². The van der Waals surface area contributed by atoms with Gasteiger partial charge < -0.3 is 20.7 Å². The lowest BCUT2D eigenvalue weighted by Crippen LogP contribution is -2.42. The standard InChI is InChI=1S/C25H28N4O2S/c1-14-5-8-19-22(26)23(32-25(19)27-14)24(30)28-17-11-16-6-7-18(12-21(16)31-13-17)29-10-9-15-3-2-4-20(15)29/h5-8,12,15,17,20H,2-4,9-11,13,26H2,1H3,(H,28,30)/t15-,17+,20-/m0/s1. The number of aryl methyl sites for hydroxylation is 1. The number of hydrogen-bond acceptors (Lipinski definition) is 6. The highest BCUT2D eigenvalue weighted by Gasteiger charge is 2.37. The average molecular weight is 449 g/mol. The Kier molecular flexibility index (Phi) is 4.75. The summed E-state index contributed by atoms with van der Waals surface area (Å²) in [6.07, 6.45) is 6.12. The topological polar surface area (TPSA) is 80.5 Å². The number of aromatic nitrogens is 1. The summed E-state index contributed by atoms with van der Waals surface area (Å²) in [6.45, 7) is 3.56. The summed E-state index contributed by atoms with van der Waals surface area (Å²) in [4.78, 5) is 21.4. The molecule has 0 unspecified atom stereocenters. The van der Waals surface area contributed by atoms with Crippen molar-refractivity contribution < 1.29 is 9.53 Å². The van der Waals surface area contributed by atoms with E-state index in [9.17, 15) is 4.79 Å². The van der Waals surface area contributed by atoms with E-state index in [1.54, 1.807) is 0 Å². The lowest BCUT2D eigenvalue weighted by molar-refractivity contribution is 0.0920. The summed E-state index contributed by atoms with van der Waals surface area (Å²) >= 11 is 1.35. The molecule has 32 heavy (non-hydrogen) atoms. The number of nitrogens with zero attached hydrogens (tertiary/aromatic N) is 2. The lowest BCUT2D eigenvalue weighted by Gasteiger charge is -2.30. The monoisotopic (exact) mass is 448 g/mol. The van der Waals surface area contributed by atoms with E-state index >= 15 is 0 Å². The van der Waals surface area contributed by atoms with Crippen molar-refractivity contribution in [1.82, 2.24) is 10.3 Å². The van der Waals surface area contributed by atoms with E-state index in [1.165, 1.54) is 42.7 Å². The van der Waals surface area contributed by atoms with Gasteiger partial charge in [0.2, 0.25) is 0 Å². The molecule has 3 aromatic rings. The van der Waals surface area contributed by atoms with Gasteiger partial charge in [-0.3, -0.25) is 4.79 Å². The molecule has 2 aromatic heterocycles. The first-order valence-corrected chi connectivity index (χ1v) is 12.4. The number of hydrogen-bond donors (Lipinski definition) is 2. The normalized spacial score (nSPS) is 24.3. The number of thiophene rings is 1. The van der Waals surface area contributed by atoms with Crippen LogP contribution in [0.4, 0.5) is 11.4 Å². The molecule has 3 N–H and O–H groups in total. The molecule has 1 aliphatic carbocycles. The maximum atomic E-state index is 13.0. The van der Waals surface area contributed by atoms with E-state index < -0.39 is 0 Å². The molecular weight excluding hydrogens is 420 g/mol. The van der Waals surface area contributed by atoms with Crippen molar-refractivity contribution in [3.8, 4) is 5.75 Å². The van der Waals surface area contributed by atoms with Crippen molar-refractivity contribution in [2.75, 3.05) is 23.8 Å². The largest absolute Gasteiger partial charge is 0.491 e. The van der Waals surface area contributed by atoms with Gasteiger partial charge in [0.1, 0.15) is 22.1 Å². The molecule has 4 heterocycles. The fourth-order valence-electron chi connectivity index (χ4n) is 5.70. The Hall–Kier alpha value is -2.80. The van der Waals surface area contributed by atoms with Gasteiger partial charge >= 0.3 is 0 Å². The summed E-state index contributed by atoms with van der Waals surface area (Å²) in [5, 5.41) is 3.96. The van der Waals surface area contributed by atoms with Crippen molar-refractivity contribution in [2.45, 2.75) is 51.1 Å². The van der Waals surface area contributed by atoms with Crippen molar-refractivity contribution >= 4 is 38.8 Å². The second-order valence-corrected chi connectivity index (χ2v) is 10.4. The third kappa shape index (κ3) is 3.30. The van der Waals surface area contributed by atoms with Crippen LogP contribution in [0.5, 0.6) is 5.75 Å². The quantitative estimate of drug-likeness (QED) is 0.624. The molecule has 1 saturated carbocycles. The number of nitrogens with two attached hydrogens (primary N) is 1. The SMILES string of the molecule is Cc1ccc2c(N)c(C(=O)N[C@H]3COc4cc(N5CC[C@@H]6CCC[C@@H]65)ccc4C3)sc2n1. The molecule has 0 radical (unpaired) electrons. The lowest BCUT2D eigenvalue weighted by atomic mass is 10.0. The van der Waals surface area contributed by atoms with E-state index in [4.69, 9.17) is 10.5 Å². The Morgan fingerprint density at radius 2 is 2.16 bits per heavy atom. The third-order valence-electron chi connectivity index (χ3n) is 7.32. The van der Waals surface area contributed by atoms with Crippen LogP contribution < -0.4 is 20.7 Å². The molecule has 1 aromatic carbocycles. The Labute approximate surface area is 191 Å². The number of nitrogens with one attached hydrogen (secondary N) is 1. The molecule has 0 bridgehead atoms. The number of benzene rings is 1. The first kappa shape index (κ1) is 19.9. The highest BCUT2D eigenvalue weighted by Crippen LogP contribution is 2.42. The fraction of sp³-hybridized carbons (Fsp3) is 0.440. The van der Waals surface area contributed by atoms with Crippen LogP contribution in [0, 0.1) is 12.8 Å². The van der Waals surface area contributed by atoms with Crippen LogP contribution in [0.3, 0.4) is 0 Å². The van der Waals surface area contributed by atoms with Crippen molar-refractivity contribution in [1.29, 1.82) is 0 Å². The minimum atomic E-state index is -0.152. The number of pyridine rings is 1. The van der Waals surface area contributed by atoms with Crippen molar-refractivity contribution in [2.24, 2.45) is 5.92 Å². The number of amides is 1. The number of rotatable bonds is 3. The molecule has 2 fully saturated rings. The Bertz CT molecular complexity index is 1210. The molecule has 1 amide bonds. The zero-order valence-electron chi connectivity index (χ0n) is 18.3. The van der Waals surface area contributed by atoms with Crippen LogP contribution in [0.2, 0.25) is 0 Å². The zero-order valence-corrected chi connectivity index (χ0v) is 19.1. The summed E-state index contributed by atoms with van der Waals surface area (Å²) in [5.74, 6) is 1.67. The fourth-order valence-corrected chi connectivity index (χ4v) is 6.74. The van der Waals surface area contributed by atoms with Crippen LogP contribution >= 0.6 is 11.3 Å². The number of fused-ring (bicyclic) bond motifs is 3. The smallest absolute Gasteiger partial charge is 0.263 e. The van der Waals surface area contributed by atoms with Gasteiger partial charge in [-0.15, -0.1) is 11.3 Å². The van der Waals surface area contributed by atoms with Crippen LogP contribution in [0.25, 0.3) is 10.2 Å². The second kappa shape index (κ2) is 7.66. The molecule has 3 atom stereocenters. The summed E-state index contributed by atoms with van der Waals surface area (Å²) < 4.78 is 6.11. The van der Waals surface area contributed by atoms with Gasteiger partial charge in [0.05, 0.1) is 11.7 Å². The highest BCUT2D eigenvalue weighted by molar-refractivity contribution is 7.21. The van der Waals surface area contributed by atoms with Gasteiger partial charge in [-0.25, -0.2) is 4.98 Å². The molecule has 166 valence electrons. The maximum Gasteiger partial charge on any atom is 0.263 e. The Morgan fingerprint density at radius 1 is 1.25 bits per heavy atom. The summed E-state index contributed by atoms with van der Waals surface area (Å²) in [7, 11) is 0. The van der Waals surface area contributed by atoms with E-state index in [2.05, 4.69) is 33.4 Å². The van der Waals surface area contributed by atoms with Crippen molar-refractivity contribution in [3.05, 3.63) is 46.5 Å². The number of ether oxygens (including phenoxy) is 1. The number of anilines is 2. The average Bonchev–Trinajstić information content (AvgIpc) is 3.48. The highest BCUT2D eigenvalue weighted by atomic mass is 32.1. The van der Waals surface area contributed by atoms with Gasteiger partial charge in [0.15, 0.2) is 0 Å².